The highest BCUT2D eigenvalue weighted by atomic mass is 35.5. The molecule has 33 heavy (non-hydrogen) atoms. The van der Waals surface area contributed by atoms with Crippen LogP contribution in [0.15, 0.2) is 59.8 Å². The predicted molar refractivity (Wildman–Crippen MR) is 128 cm³/mol. The lowest BCUT2D eigenvalue weighted by Gasteiger charge is -2.10. The van der Waals surface area contributed by atoms with Gasteiger partial charge >= 0.3 is 0 Å². The maximum Gasteiger partial charge on any atom is 0.230 e. The van der Waals surface area contributed by atoms with E-state index < -0.39 is 0 Å². The summed E-state index contributed by atoms with van der Waals surface area (Å²) in [6, 6.07) is 16.9. The van der Waals surface area contributed by atoms with Gasteiger partial charge in [0.1, 0.15) is 0 Å². The Bertz CT molecular complexity index is 1260. The van der Waals surface area contributed by atoms with Crippen molar-refractivity contribution < 1.29 is 14.3 Å². The lowest BCUT2D eigenvalue weighted by atomic mass is 10.1. The molecule has 0 fully saturated rings. The third-order valence-corrected chi connectivity index (χ3v) is 6.06. The molecular weight excluding hydrogens is 462 g/mol. The van der Waals surface area contributed by atoms with Gasteiger partial charge in [-0.25, -0.2) is 0 Å². The van der Waals surface area contributed by atoms with E-state index in [1.807, 2.05) is 54.6 Å². The number of amides is 1. The normalized spacial score (nSPS) is 10.9. The SMILES string of the molecule is COc1ccc(CCNC(=O)CSc2nnc3ccc(-c4ccc(Cl)cc4)nn23)cc1OC. The van der Waals surface area contributed by atoms with Gasteiger partial charge in [-0.3, -0.25) is 4.79 Å². The fourth-order valence-corrected chi connectivity index (χ4v) is 4.04. The van der Waals surface area contributed by atoms with Crippen LogP contribution in [0.2, 0.25) is 5.02 Å². The second-order valence-electron chi connectivity index (χ2n) is 7.06. The van der Waals surface area contributed by atoms with Gasteiger partial charge < -0.3 is 14.8 Å². The van der Waals surface area contributed by atoms with Crippen molar-refractivity contribution in [1.29, 1.82) is 0 Å². The topological polar surface area (TPSA) is 90.6 Å². The second-order valence-corrected chi connectivity index (χ2v) is 8.43. The maximum absolute atomic E-state index is 12.3. The summed E-state index contributed by atoms with van der Waals surface area (Å²) in [5.74, 6) is 1.46. The van der Waals surface area contributed by atoms with Crippen molar-refractivity contribution in [3.8, 4) is 22.8 Å². The number of nitrogens with zero attached hydrogens (tertiary/aromatic N) is 4. The minimum absolute atomic E-state index is 0.0916. The van der Waals surface area contributed by atoms with E-state index in [0.717, 1.165) is 16.8 Å². The van der Waals surface area contributed by atoms with Gasteiger partial charge in [0.2, 0.25) is 11.1 Å². The summed E-state index contributed by atoms with van der Waals surface area (Å²) >= 11 is 7.26. The highest BCUT2D eigenvalue weighted by Crippen LogP contribution is 2.27. The largest absolute Gasteiger partial charge is 0.493 e. The van der Waals surface area contributed by atoms with Gasteiger partial charge in [0, 0.05) is 17.1 Å². The molecule has 10 heteroatoms. The average Bonchev–Trinajstić information content (AvgIpc) is 3.25. The molecule has 0 saturated heterocycles. The smallest absolute Gasteiger partial charge is 0.230 e. The number of methoxy groups -OCH3 is 2. The van der Waals surface area contributed by atoms with Crippen LogP contribution < -0.4 is 14.8 Å². The van der Waals surface area contributed by atoms with Gasteiger partial charge in [0.05, 0.1) is 25.7 Å². The Morgan fingerprint density at radius 3 is 2.58 bits per heavy atom. The highest BCUT2D eigenvalue weighted by Gasteiger charge is 2.12. The molecule has 0 bridgehead atoms. The summed E-state index contributed by atoms with van der Waals surface area (Å²) in [6.07, 6.45) is 0.677. The number of hydrogen-bond donors (Lipinski definition) is 1. The summed E-state index contributed by atoms with van der Waals surface area (Å²) in [4.78, 5) is 12.3. The molecule has 8 nitrogen and oxygen atoms in total. The number of benzene rings is 2. The van der Waals surface area contributed by atoms with Crippen LogP contribution in [0.4, 0.5) is 0 Å². The van der Waals surface area contributed by atoms with Gasteiger partial charge in [-0.05, 0) is 48.4 Å². The standard InChI is InChI=1S/C23H22ClN5O3S/c1-31-19-9-3-15(13-20(19)32-2)11-12-25-22(30)14-33-23-27-26-21-10-8-18(28-29(21)23)16-4-6-17(24)7-5-16/h3-10,13H,11-12,14H2,1-2H3,(H,25,30). The molecule has 0 aliphatic heterocycles. The monoisotopic (exact) mass is 483 g/mol. The molecule has 0 spiro atoms. The van der Waals surface area contributed by atoms with E-state index in [0.29, 0.717) is 40.3 Å². The first kappa shape index (κ1) is 22.9. The quantitative estimate of drug-likeness (QED) is 0.361. The molecule has 0 saturated carbocycles. The number of fused-ring (bicyclic) bond motifs is 1. The Morgan fingerprint density at radius 1 is 1.03 bits per heavy atom. The molecule has 4 rings (SSSR count). The predicted octanol–water partition coefficient (Wildman–Crippen LogP) is 3.91. The molecule has 0 atom stereocenters. The fraction of sp³-hybridized carbons (Fsp3) is 0.217. The van der Waals surface area contributed by atoms with Crippen LogP contribution in [0.25, 0.3) is 16.9 Å². The molecule has 4 aromatic rings. The fourth-order valence-electron chi connectivity index (χ4n) is 3.20. The van der Waals surface area contributed by atoms with Gasteiger partial charge in [-0.2, -0.15) is 9.61 Å². The van der Waals surface area contributed by atoms with Crippen LogP contribution in [-0.2, 0) is 11.2 Å². The first-order valence-electron chi connectivity index (χ1n) is 10.2. The van der Waals surface area contributed by atoms with Crippen LogP contribution in [0.1, 0.15) is 5.56 Å². The number of carbonyl (C=O) groups excluding carboxylic acids is 1. The molecule has 0 aliphatic rings. The molecule has 2 aromatic heterocycles. The zero-order chi connectivity index (χ0) is 23.2. The van der Waals surface area contributed by atoms with E-state index in [9.17, 15) is 4.79 Å². The number of thioether (sulfide) groups is 1. The number of halogens is 1. The van der Waals surface area contributed by atoms with Crippen molar-refractivity contribution in [1.82, 2.24) is 25.1 Å². The molecule has 1 N–H and O–H groups in total. The first-order chi connectivity index (χ1) is 16.1. The minimum Gasteiger partial charge on any atom is -0.493 e. The Balaban J connectivity index is 1.34. The molecule has 1 amide bonds. The lowest BCUT2D eigenvalue weighted by molar-refractivity contribution is -0.118. The third kappa shape index (κ3) is 5.55. The van der Waals surface area contributed by atoms with E-state index in [1.54, 1.807) is 18.7 Å². The van der Waals surface area contributed by atoms with Crippen molar-refractivity contribution >= 4 is 34.9 Å². The lowest BCUT2D eigenvalue weighted by Crippen LogP contribution is -2.27. The van der Waals surface area contributed by atoms with Crippen molar-refractivity contribution in [3.63, 3.8) is 0 Å². The molecule has 2 aromatic carbocycles. The van der Waals surface area contributed by atoms with Gasteiger partial charge in [0.15, 0.2) is 17.1 Å². The summed E-state index contributed by atoms with van der Waals surface area (Å²) < 4.78 is 12.2. The third-order valence-electron chi connectivity index (χ3n) is 4.89. The van der Waals surface area contributed by atoms with Crippen LogP contribution >= 0.6 is 23.4 Å². The summed E-state index contributed by atoms with van der Waals surface area (Å²) in [6.45, 7) is 0.508. The average molecular weight is 484 g/mol. The summed E-state index contributed by atoms with van der Waals surface area (Å²) in [5, 5.41) is 17.1. The Labute approximate surface area is 200 Å². The number of carbonyl (C=O) groups is 1. The van der Waals surface area contributed by atoms with Crippen LogP contribution in [0.5, 0.6) is 11.5 Å². The Hall–Kier alpha value is -3.30. The first-order valence-corrected chi connectivity index (χ1v) is 11.5. The zero-order valence-electron chi connectivity index (χ0n) is 18.1. The van der Waals surface area contributed by atoms with Crippen LogP contribution in [0, 0.1) is 0 Å². The number of ether oxygens (including phenoxy) is 2. The van der Waals surface area contributed by atoms with E-state index in [4.69, 9.17) is 21.1 Å². The number of nitrogens with one attached hydrogen (secondary N) is 1. The Kier molecular flexibility index (Phi) is 7.31. The Morgan fingerprint density at radius 2 is 1.82 bits per heavy atom. The van der Waals surface area contributed by atoms with Crippen molar-refractivity contribution in [2.75, 3.05) is 26.5 Å². The van der Waals surface area contributed by atoms with Gasteiger partial charge in [-0.1, -0.05) is 41.6 Å². The van der Waals surface area contributed by atoms with Crippen molar-refractivity contribution in [3.05, 3.63) is 65.2 Å². The molecular formula is C23H22ClN5O3S. The van der Waals surface area contributed by atoms with Crippen LogP contribution in [-0.4, -0.2) is 52.2 Å². The second kappa shape index (κ2) is 10.5. The highest BCUT2D eigenvalue weighted by molar-refractivity contribution is 7.99. The van der Waals surface area contributed by atoms with E-state index in [-0.39, 0.29) is 11.7 Å². The van der Waals surface area contributed by atoms with Gasteiger partial charge in [0.25, 0.3) is 0 Å². The van der Waals surface area contributed by atoms with Gasteiger partial charge in [-0.15, -0.1) is 10.2 Å². The zero-order valence-corrected chi connectivity index (χ0v) is 19.7. The summed E-state index contributed by atoms with van der Waals surface area (Å²) in [5.41, 5.74) is 3.35. The molecule has 2 heterocycles. The van der Waals surface area contributed by atoms with Crippen LogP contribution in [0.3, 0.4) is 0 Å². The van der Waals surface area contributed by atoms with Crippen molar-refractivity contribution in [2.45, 2.75) is 11.6 Å². The van der Waals surface area contributed by atoms with E-state index in [1.165, 1.54) is 11.8 Å². The number of rotatable bonds is 9. The minimum atomic E-state index is -0.0916. The molecule has 0 aliphatic carbocycles. The maximum atomic E-state index is 12.3. The van der Waals surface area contributed by atoms with Crippen molar-refractivity contribution in [2.24, 2.45) is 0 Å². The number of aromatic nitrogens is 4. The number of hydrogen-bond acceptors (Lipinski definition) is 7. The molecule has 0 unspecified atom stereocenters. The molecule has 170 valence electrons. The molecule has 0 radical (unpaired) electrons. The summed E-state index contributed by atoms with van der Waals surface area (Å²) in [7, 11) is 3.20. The van der Waals surface area contributed by atoms with E-state index >= 15 is 0 Å². The van der Waals surface area contributed by atoms with E-state index in [2.05, 4.69) is 20.6 Å².